The average Bonchev–Trinajstić information content (AvgIpc) is 3.01. The lowest BCUT2D eigenvalue weighted by atomic mass is 10.1. The van der Waals surface area contributed by atoms with E-state index in [-0.39, 0.29) is 23.3 Å². The highest BCUT2D eigenvalue weighted by Gasteiger charge is 2.21. The Morgan fingerprint density at radius 3 is 2.68 bits per heavy atom. The van der Waals surface area contributed by atoms with Gasteiger partial charge in [0.2, 0.25) is 5.95 Å². The number of rotatable bonds is 6. The molecule has 0 fully saturated rings. The highest BCUT2D eigenvalue weighted by atomic mass is 35.5. The number of nitrogens with zero attached hydrogens (tertiary/aromatic N) is 6. The van der Waals surface area contributed by atoms with E-state index in [1.807, 2.05) is 32.0 Å². The van der Waals surface area contributed by atoms with Gasteiger partial charge in [-0.3, -0.25) is 19.1 Å². The molecule has 0 saturated heterocycles. The van der Waals surface area contributed by atoms with E-state index in [1.165, 1.54) is 4.57 Å². The van der Waals surface area contributed by atoms with Crippen molar-refractivity contribution in [1.82, 2.24) is 29.1 Å². The van der Waals surface area contributed by atoms with Gasteiger partial charge in [0.25, 0.3) is 0 Å². The van der Waals surface area contributed by atoms with Crippen LogP contribution < -0.4 is 16.2 Å². The number of aryl methyl sites for hydroxylation is 3. The van der Waals surface area contributed by atoms with E-state index in [0.717, 1.165) is 22.6 Å². The Morgan fingerprint density at radius 1 is 1.16 bits per heavy atom. The third-order valence-corrected chi connectivity index (χ3v) is 5.47. The van der Waals surface area contributed by atoms with Crippen LogP contribution in [-0.2, 0) is 19.5 Å². The molecule has 0 atom stereocenters. The summed E-state index contributed by atoms with van der Waals surface area (Å²) in [6.45, 7) is 4.40. The number of nitrogen functional groups attached to an aromatic ring is 1. The van der Waals surface area contributed by atoms with Crippen LogP contribution in [0.1, 0.15) is 22.5 Å². The second-order valence-electron chi connectivity index (χ2n) is 7.18. The maximum absolute atomic E-state index is 13.4. The molecule has 4 heterocycles. The molecule has 0 aliphatic rings. The Labute approximate surface area is 183 Å². The Morgan fingerprint density at radius 2 is 1.97 bits per heavy atom. The Hall–Kier alpha value is -3.46. The monoisotopic (exact) mass is 439 g/mol. The van der Waals surface area contributed by atoms with Crippen molar-refractivity contribution in [2.75, 3.05) is 12.8 Å². The van der Waals surface area contributed by atoms with Crippen LogP contribution in [0.25, 0.3) is 11.2 Å². The molecule has 9 nitrogen and oxygen atoms in total. The number of hydrogen-bond acceptors (Lipinski definition) is 7. The zero-order valence-corrected chi connectivity index (χ0v) is 18.2. The van der Waals surface area contributed by atoms with Gasteiger partial charge in [-0.05, 0) is 26.0 Å². The highest BCUT2D eigenvalue weighted by molar-refractivity contribution is 6.33. The molecule has 0 aromatic carbocycles. The van der Waals surface area contributed by atoms with Crippen LogP contribution in [0.2, 0.25) is 5.15 Å². The third-order valence-electron chi connectivity index (χ3n) is 5.20. The number of nitrogens with two attached hydrogens (primary N) is 1. The number of methoxy groups -OCH3 is 1. The van der Waals surface area contributed by atoms with Gasteiger partial charge in [-0.25, -0.2) is 4.79 Å². The molecule has 0 aliphatic heterocycles. The van der Waals surface area contributed by atoms with Crippen LogP contribution in [0, 0.1) is 13.8 Å². The Kier molecular flexibility index (Phi) is 5.60. The summed E-state index contributed by atoms with van der Waals surface area (Å²) in [7, 11) is 1.61. The van der Waals surface area contributed by atoms with Crippen molar-refractivity contribution in [3.05, 3.63) is 68.7 Å². The van der Waals surface area contributed by atoms with Crippen molar-refractivity contribution in [1.29, 1.82) is 0 Å². The molecule has 0 bridgehead atoms. The van der Waals surface area contributed by atoms with Gasteiger partial charge < -0.3 is 10.5 Å². The average molecular weight is 440 g/mol. The molecule has 4 rings (SSSR count). The third kappa shape index (κ3) is 3.84. The van der Waals surface area contributed by atoms with E-state index in [0.29, 0.717) is 29.8 Å². The summed E-state index contributed by atoms with van der Waals surface area (Å²) in [4.78, 5) is 30.6. The fourth-order valence-electron chi connectivity index (χ4n) is 3.69. The van der Waals surface area contributed by atoms with E-state index < -0.39 is 0 Å². The van der Waals surface area contributed by atoms with Gasteiger partial charge in [-0.1, -0.05) is 17.7 Å². The fourth-order valence-corrected chi connectivity index (χ4v) is 3.96. The van der Waals surface area contributed by atoms with Crippen LogP contribution in [-0.4, -0.2) is 36.2 Å². The summed E-state index contributed by atoms with van der Waals surface area (Å²) >= 11 is 6.38. The minimum atomic E-state index is -0.270. The molecule has 10 heteroatoms. The largest absolute Gasteiger partial charge is 0.496 e. The lowest BCUT2D eigenvalue weighted by Crippen LogP contribution is -2.26. The summed E-state index contributed by atoms with van der Waals surface area (Å²) in [5, 5.41) is 0.130. The topological polar surface area (TPSA) is 114 Å². The standard InChI is InChI=1S/C21H22ClN7O2/c1-12-10-25-15(13(2)17(12)31-3)11-29-19-16(18(22)26-20(23)27-19)28(21(29)30)9-7-14-6-4-5-8-24-14/h4-6,8,10H,7,9,11H2,1-3H3,(H2,23,26,27). The predicted molar refractivity (Wildman–Crippen MR) is 119 cm³/mol. The molecule has 0 unspecified atom stereocenters. The number of aromatic nitrogens is 6. The molecule has 0 saturated carbocycles. The fraction of sp³-hybridized carbons (Fsp3) is 0.286. The van der Waals surface area contributed by atoms with Gasteiger partial charge in [0, 0.05) is 42.2 Å². The first-order valence-electron chi connectivity index (χ1n) is 9.71. The lowest BCUT2D eigenvalue weighted by molar-refractivity contribution is 0.406. The summed E-state index contributed by atoms with van der Waals surface area (Å²) in [5.41, 5.74) is 9.70. The first-order chi connectivity index (χ1) is 14.9. The smallest absolute Gasteiger partial charge is 0.330 e. The highest BCUT2D eigenvalue weighted by Crippen LogP contribution is 2.26. The quantitative estimate of drug-likeness (QED) is 0.459. The first-order valence-corrected chi connectivity index (χ1v) is 10.1. The van der Waals surface area contributed by atoms with Gasteiger partial charge in [-0.15, -0.1) is 0 Å². The summed E-state index contributed by atoms with van der Waals surface area (Å²) in [6, 6.07) is 5.66. The number of ether oxygens (including phenoxy) is 1. The van der Waals surface area contributed by atoms with Crippen molar-refractivity contribution in [3.8, 4) is 5.75 Å². The molecule has 0 amide bonds. The van der Waals surface area contributed by atoms with Gasteiger partial charge in [0.05, 0.1) is 19.3 Å². The van der Waals surface area contributed by atoms with Gasteiger partial charge in [0.15, 0.2) is 10.8 Å². The molecule has 2 N–H and O–H groups in total. The Bertz CT molecular complexity index is 1320. The SMILES string of the molecule is COc1c(C)cnc(Cn2c(=O)n(CCc3ccccn3)c3c(Cl)nc(N)nc32)c1C. The van der Waals surface area contributed by atoms with Gasteiger partial charge >= 0.3 is 5.69 Å². The molecular weight excluding hydrogens is 418 g/mol. The maximum atomic E-state index is 13.4. The molecule has 0 aliphatic carbocycles. The molecule has 160 valence electrons. The van der Waals surface area contributed by atoms with Gasteiger partial charge in [0.1, 0.15) is 11.3 Å². The van der Waals surface area contributed by atoms with Crippen LogP contribution in [0.15, 0.2) is 35.4 Å². The molecule has 31 heavy (non-hydrogen) atoms. The van der Waals surface area contributed by atoms with Crippen LogP contribution in [0.5, 0.6) is 5.75 Å². The molecule has 4 aromatic heterocycles. The Balaban J connectivity index is 1.82. The number of halogens is 1. The number of anilines is 1. The van der Waals surface area contributed by atoms with Crippen LogP contribution in [0.3, 0.4) is 0 Å². The molecule has 4 aromatic rings. The van der Waals surface area contributed by atoms with Gasteiger partial charge in [-0.2, -0.15) is 9.97 Å². The number of hydrogen-bond donors (Lipinski definition) is 1. The number of pyridine rings is 2. The number of fused-ring (bicyclic) bond motifs is 1. The zero-order chi connectivity index (χ0) is 22.1. The van der Waals surface area contributed by atoms with Crippen LogP contribution >= 0.6 is 11.6 Å². The summed E-state index contributed by atoms with van der Waals surface area (Å²) < 4.78 is 8.57. The van der Waals surface area contributed by atoms with Crippen molar-refractivity contribution in [2.45, 2.75) is 33.4 Å². The second kappa shape index (κ2) is 8.35. The lowest BCUT2D eigenvalue weighted by Gasteiger charge is -2.12. The van der Waals surface area contributed by atoms with E-state index in [9.17, 15) is 4.79 Å². The minimum absolute atomic E-state index is 0.000654. The maximum Gasteiger partial charge on any atom is 0.330 e. The first kappa shape index (κ1) is 20.8. The number of imidazole rings is 1. The van der Waals surface area contributed by atoms with Crippen molar-refractivity contribution in [3.63, 3.8) is 0 Å². The van der Waals surface area contributed by atoms with Crippen molar-refractivity contribution < 1.29 is 4.74 Å². The summed E-state index contributed by atoms with van der Waals surface area (Å²) in [5.74, 6) is 0.739. The molecule has 0 radical (unpaired) electrons. The summed E-state index contributed by atoms with van der Waals surface area (Å²) in [6.07, 6.45) is 4.00. The van der Waals surface area contributed by atoms with E-state index in [1.54, 1.807) is 24.1 Å². The van der Waals surface area contributed by atoms with Crippen molar-refractivity contribution in [2.24, 2.45) is 0 Å². The minimum Gasteiger partial charge on any atom is -0.496 e. The molecular formula is C21H22ClN7O2. The van der Waals surface area contributed by atoms with Crippen molar-refractivity contribution >= 4 is 28.7 Å². The second-order valence-corrected chi connectivity index (χ2v) is 7.54. The van der Waals surface area contributed by atoms with E-state index in [2.05, 4.69) is 19.9 Å². The van der Waals surface area contributed by atoms with Crippen LogP contribution in [0.4, 0.5) is 5.95 Å². The normalized spacial score (nSPS) is 11.2. The van der Waals surface area contributed by atoms with E-state index >= 15 is 0 Å². The van der Waals surface area contributed by atoms with E-state index in [4.69, 9.17) is 22.1 Å². The predicted octanol–water partition coefficient (Wildman–Crippen LogP) is 2.54. The zero-order valence-electron chi connectivity index (χ0n) is 17.5. The molecule has 0 spiro atoms.